The number of rotatable bonds is 2. The van der Waals surface area contributed by atoms with Crippen LogP contribution in [0.5, 0.6) is 0 Å². The van der Waals surface area contributed by atoms with E-state index < -0.39 is 5.97 Å². The number of nitrogens with one attached hydrogen (secondary N) is 1. The maximum atomic E-state index is 10.5. The third kappa shape index (κ3) is 1.82. The number of nitrogens with zero attached hydrogens (tertiary/aromatic N) is 1. The molecular formula is C8H8N2O2. The molecule has 0 bridgehead atoms. The topological polar surface area (TPSA) is 61.7 Å². The van der Waals surface area contributed by atoms with Crippen molar-refractivity contribution < 1.29 is 9.90 Å². The smallest absolute Gasteiger partial charge is 0.337 e. The Bertz CT molecular complexity index is 300. The van der Waals surface area contributed by atoms with Crippen LogP contribution in [-0.2, 0) is 4.79 Å². The van der Waals surface area contributed by atoms with Crippen LogP contribution >= 0.6 is 0 Å². The van der Waals surface area contributed by atoms with Crippen molar-refractivity contribution in [1.82, 2.24) is 5.43 Å². The summed E-state index contributed by atoms with van der Waals surface area (Å²) in [6.07, 6.45) is 6.50. The van der Waals surface area contributed by atoms with Gasteiger partial charge in [-0.15, -0.1) is 0 Å². The van der Waals surface area contributed by atoms with Crippen molar-refractivity contribution in [2.24, 2.45) is 5.10 Å². The monoisotopic (exact) mass is 164 g/mol. The van der Waals surface area contributed by atoms with E-state index in [1.54, 1.807) is 18.2 Å². The van der Waals surface area contributed by atoms with Crippen molar-refractivity contribution in [3.63, 3.8) is 0 Å². The summed E-state index contributed by atoms with van der Waals surface area (Å²) in [5.74, 6) is -1.06. The minimum atomic E-state index is -1.06. The number of aliphatic carboxylic acids is 1. The number of carboxylic acids is 1. The fraction of sp³-hybridized carbons (Fsp3) is 0. The minimum absolute atomic E-state index is 0.00120. The SMILES string of the molecule is C=C(C(=O)O)C1=CC=CC=NN1. The maximum absolute atomic E-state index is 10.5. The second-order valence-corrected chi connectivity index (χ2v) is 2.14. The van der Waals surface area contributed by atoms with Crippen molar-refractivity contribution >= 4 is 12.2 Å². The van der Waals surface area contributed by atoms with Crippen LogP contribution in [0.25, 0.3) is 0 Å². The predicted molar refractivity (Wildman–Crippen MR) is 45.6 cm³/mol. The van der Waals surface area contributed by atoms with Gasteiger partial charge in [-0.2, -0.15) is 5.10 Å². The zero-order chi connectivity index (χ0) is 8.97. The predicted octanol–water partition coefficient (Wildman–Crippen LogP) is 0.656. The summed E-state index contributed by atoms with van der Waals surface area (Å²) < 4.78 is 0. The highest BCUT2D eigenvalue weighted by atomic mass is 16.4. The van der Waals surface area contributed by atoms with Crippen molar-refractivity contribution in [2.75, 3.05) is 0 Å². The molecule has 0 spiro atoms. The fourth-order valence-electron chi connectivity index (χ4n) is 0.672. The summed E-state index contributed by atoms with van der Waals surface area (Å²) in [5, 5.41) is 12.3. The quantitative estimate of drug-likeness (QED) is 0.589. The third-order valence-corrected chi connectivity index (χ3v) is 1.30. The van der Waals surface area contributed by atoms with Crippen LogP contribution in [0.2, 0.25) is 0 Å². The Morgan fingerprint density at radius 2 is 2.33 bits per heavy atom. The van der Waals surface area contributed by atoms with Gasteiger partial charge in [0.25, 0.3) is 0 Å². The Balaban J connectivity index is 2.82. The molecule has 0 aromatic heterocycles. The van der Waals surface area contributed by atoms with Crippen molar-refractivity contribution in [3.05, 3.63) is 36.1 Å². The lowest BCUT2D eigenvalue weighted by molar-refractivity contribution is -0.132. The average molecular weight is 164 g/mol. The Kier molecular flexibility index (Phi) is 2.42. The first-order chi connectivity index (χ1) is 5.72. The van der Waals surface area contributed by atoms with E-state index in [0.29, 0.717) is 5.70 Å². The molecule has 1 heterocycles. The Morgan fingerprint density at radius 1 is 1.58 bits per heavy atom. The lowest BCUT2D eigenvalue weighted by atomic mass is 10.2. The van der Waals surface area contributed by atoms with Gasteiger partial charge in [0.2, 0.25) is 0 Å². The van der Waals surface area contributed by atoms with Gasteiger partial charge in [-0.25, -0.2) is 4.79 Å². The number of allylic oxidation sites excluding steroid dienone is 3. The lowest BCUT2D eigenvalue weighted by Crippen LogP contribution is -2.12. The van der Waals surface area contributed by atoms with Gasteiger partial charge < -0.3 is 5.11 Å². The van der Waals surface area contributed by atoms with Crippen LogP contribution in [0.15, 0.2) is 41.2 Å². The summed E-state index contributed by atoms with van der Waals surface area (Å²) in [5.41, 5.74) is 2.94. The number of hydrazone groups is 1. The van der Waals surface area contributed by atoms with Crippen molar-refractivity contribution in [3.8, 4) is 0 Å². The average Bonchev–Trinajstić information content (AvgIpc) is 2.30. The zero-order valence-electron chi connectivity index (χ0n) is 6.32. The van der Waals surface area contributed by atoms with E-state index in [1.165, 1.54) is 6.21 Å². The first-order valence-electron chi connectivity index (χ1n) is 3.30. The summed E-state index contributed by atoms with van der Waals surface area (Å²) in [7, 11) is 0. The van der Waals surface area contributed by atoms with E-state index in [4.69, 9.17) is 5.11 Å². The van der Waals surface area contributed by atoms with Gasteiger partial charge in [-0.05, 0) is 12.2 Å². The van der Waals surface area contributed by atoms with Gasteiger partial charge in [0.1, 0.15) is 0 Å². The standard InChI is InChI=1S/C8H8N2O2/c1-6(8(11)12)7-4-2-3-5-9-10-7/h2-5,10H,1H2,(H,11,12). The molecule has 0 atom stereocenters. The van der Waals surface area contributed by atoms with Gasteiger partial charge in [0.15, 0.2) is 0 Å². The Morgan fingerprint density at radius 3 is 3.00 bits per heavy atom. The first-order valence-corrected chi connectivity index (χ1v) is 3.30. The molecule has 1 rings (SSSR count). The second-order valence-electron chi connectivity index (χ2n) is 2.14. The van der Waals surface area contributed by atoms with E-state index in [0.717, 1.165) is 0 Å². The molecule has 1 aliphatic rings. The van der Waals surface area contributed by atoms with Crippen LogP contribution in [-0.4, -0.2) is 17.3 Å². The van der Waals surface area contributed by atoms with Gasteiger partial charge >= 0.3 is 5.97 Å². The zero-order valence-corrected chi connectivity index (χ0v) is 6.32. The highest BCUT2D eigenvalue weighted by Gasteiger charge is 2.08. The second kappa shape index (κ2) is 3.52. The van der Waals surface area contributed by atoms with E-state index in [9.17, 15) is 4.79 Å². The number of hydrogen-bond donors (Lipinski definition) is 2. The molecule has 12 heavy (non-hydrogen) atoms. The Labute approximate surface area is 69.6 Å². The van der Waals surface area contributed by atoms with Gasteiger partial charge in [-0.3, -0.25) is 5.43 Å². The molecule has 2 N–H and O–H groups in total. The molecule has 62 valence electrons. The fourth-order valence-corrected chi connectivity index (χ4v) is 0.672. The molecule has 0 aromatic rings. The van der Waals surface area contributed by atoms with E-state index in [2.05, 4.69) is 17.1 Å². The molecule has 0 saturated carbocycles. The molecule has 0 unspecified atom stereocenters. The molecular weight excluding hydrogens is 156 g/mol. The number of carbonyl (C=O) groups is 1. The van der Waals surface area contributed by atoms with Crippen LogP contribution in [0.1, 0.15) is 0 Å². The minimum Gasteiger partial charge on any atom is -0.478 e. The molecule has 0 aliphatic carbocycles. The largest absolute Gasteiger partial charge is 0.478 e. The van der Waals surface area contributed by atoms with E-state index in [1.807, 2.05) is 0 Å². The van der Waals surface area contributed by atoms with Gasteiger partial charge in [-0.1, -0.05) is 12.7 Å². The van der Waals surface area contributed by atoms with Crippen LogP contribution in [0.4, 0.5) is 0 Å². The molecule has 0 fully saturated rings. The first kappa shape index (κ1) is 8.26. The number of hydrogen-bond acceptors (Lipinski definition) is 3. The lowest BCUT2D eigenvalue weighted by Gasteiger charge is -2.03. The number of carboxylic acid groups (broad SMARTS) is 1. The molecule has 0 radical (unpaired) electrons. The summed E-state index contributed by atoms with van der Waals surface area (Å²) in [6, 6.07) is 0. The van der Waals surface area contributed by atoms with E-state index in [-0.39, 0.29) is 5.57 Å². The van der Waals surface area contributed by atoms with Crippen molar-refractivity contribution in [2.45, 2.75) is 0 Å². The summed E-state index contributed by atoms with van der Waals surface area (Å²) in [6.45, 7) is 3.38. The van der Waals surface area contributed by atoms with E-state index >= 15 is 0 Å². The molecule has 1 aliphatic heterocycles. The third-order valence-electron chi connectivity index (χ3n) is 1.30. The molecule has 0 amide bonds. The van der Waals surface area contributed by atoms with Gasteiger partial charge in [0, 0.05) is 6.21 Å². The summed E-state index contributed by atoms with van der Waals surface area (Å²) in [4.78, 5) is 10.5. The van der Waals surface area contributed by atoms with Crippen LogP contribution in [0, 0.1) is 0 Å². The van der Waals surface area contributed by atoms with Crippen LogP contribution < -0.4 is 5.43 Å². The van der Waals surface area contributed by atoms with Crippen molar-refractivity contribution in [1.29, 1.82) is 0 Å². The van der Waals surface area contributed by atoms with Gasteiger partial charge in [0.05, 0.1) is 11.3 Å². The normalized spacial score (nSPS) is 14.5. The molecule has 4 nitrogen and oxygen atoms in total. The molecule has 4 heteroatoms. The Hall–Kier alpha value is -1.84. The molecule has 0 saturated heterocycles. The maximum Gasteiger partial charge on any atom is 0.337 e. The highest BCUT2D eigenvalue weighted by Crippen LogP contribution is 2.05. The molecule has 0 aromatic carbocycles. The highest BCUT2D eigenvalue weighted by molar-refractivity contribution is 5.91. The summed E-state index contributed by atoms with van der Waals surface area (Å²) >= 11 is 0. The van der Waals surface area contributed by atoms with Crippen LogP contribution in [0.3, 0.4) is 0 Å².